The van der Waals surface area contributed by atoms with Crippen molar-refractivity contribution in [2.75, 3.05) is 0 Å². The second-order valence-corrected chi connectivity index (χ2v) is 9.88. The van der Waals surface area contributed by atoms with Crippen LogP contribution in [0.3, 0.4) is 0 Å². The molecule has 0 radical (unpaired) electrons. The minimum Gasteiger partial charge on any atom is -0.0622 e. The van der Waals surface area contributed by atoms with Gasteiger partial charge in [0.2, 0.25) is 0 Å². The number of benzene rings is 6. The Balaban J connectivity index is 1.62. The summed E-state index contributed by atoms with van der Waals surface area (Å²) in [4.78, 5) is 0. The summed E-state index contributed by atoms with van der Waals surface area (Å²) >= 11 is 0. The lowest BCUT2D eigenvalue weighted by molar-refractivity contribution is 0.591. The topological polar surface area (TPSA) is 0 Å². The van der Waals surface area contributed by atoms with E-state index in [-0.39, 0.29) is 5.41 Å². The number of rotatable bonds is 2. The van der Waals surface area contributed by atoms with Gasteiger partial charge in [0.25, 0.3) is 0 Å². The van der Waals surface area contributed by atoms with Gasteiger partial charge in [0, 0.05) is 0 Å². The molecule has 0 fully saturated rings. The smallest absolute Gasteiger partial charge is 0.00206 e. The van der Waals surface area contributed by atoms with E-state index < -0.39 is 0 Å². The van der Waals surface area contributed by atoms with Gasteiger partial charge in [0.15, 0.2) is 0 Å². The molecule has 32 heavy (non-hydrogen) atoms. The Morgan fingerprint density at radius 3 is 1.84 bits per heavy atom. The van der Waals surface area contributed by atoms with Crippen molar-refractivity contribution in [3.63, 3.8) is 0 Å². The zero-order chi connectivity index (χ0) is 21.9. The molecule has 0 nitrogen and oxygen atoms in total. The van der Waals surface area contributed by atoms with Crippen LogP contribution >= 0.6 is 0 Å². The first kappa shape index (κ1) is 19.1. The molecule has 0 aliphatic carbocycles. The summed E-state index contributed by atoms with van der Waals surface area (Å²) in [6.45, 7) is 6.87. The van der Waals surface area contributed by atoms with Gasteiger partial charge in [-0.1, -0.05) is 118 Å². The molecule has 0 unspecified atom stereocenters. The molecule has 0 heterocycles. The second kappa shape index (κ2) is 6.93. The predicted molar refractivity (Wildman–Crippen MR) is 140 cm³/mol. The molecule has 0 heteroatoms. The fourth-order valence-electron chi connectivity index (χ4n) is 5.00. The summed E-state index contributed by atoms with van der Waals surface area (Å²) in [5, 5.41) is 8.07. The molecular weight excluding hydrogens is 384 g/mol. The minimum absolute atomic E-state index is 0.132. The standard InChI is InChI=1S/C32H26/c1-32(2,3)27-19-25-13-12-22-14-16-28(29-17-15-26(20-27)30(25)31(22)29)24-11-7-10-23(18-24)21-8-5-4-6-9-21/h4-20H,1-3H3. The molecule has 0 N–H and O–H groups in total. The van der Waals surface area contributed by atoms with Crippen molar-refractivity contribution in [1.29, 1.82) is 0 Å². The quantitative estimate of drug-likeness (QED) is 0.250. The lowest BCUT2D eigenvalue weighted by atomic mass is 9.82. The third kappa shape index (κ3) is 2.99. The summed E-state index contributed by atoms with van der Waals surface area (Å²) in [5.41, 5.74) is 6.59. The molecule has 0 atom stereocenters. The van der Waals surface area contributed by atoms with Crippen LogP contribution in [0.5, 0.6) is 0 Å². The van der Waals surface area contributed by atoms with Crippen LogP contribution in [0.2, 0.25) is 0 Å². The first-order valence-corrected chi connectivity index (χ1v) is 11.4. The average Bonchev–Trinajstić information content (AvgIpc) is 2.82. The molecule has 0 aliphatic heterocycles. The van der Waals surface area contributed by atoms with E-state index in [1.165, 1.54) is 60.1 Å². The van der Waals surface area contributed by atoms with E-state index in [0.29, 0.717) is 0 Å². The van der Waals surface area contributed by atoms with E-state index >= 15 is 0 Å². The maximum absolute atomic E-state index is 2.38. The molecule has 154 valence electrons. The zero-order valence-corrected chi connectivity index (χ0v) is 18.8. The van der Waals surface area contributed by atoms with Crippen LogP contribution in [0.25, 0.3) is 54.6 Å². The van der Waals surface area contributed by atoms with Gasteiger partial charge in [-0.05, 0) is 71.6 Å². The van der Waals surface area contributed by atoms with Gasteiger partial charge in [-0.2, -0.15) is 0 Å². The van der Waals surface area contributed by atoms with Crippen molar-refractivity contribution in [2.24, 2.45) is 0 Å². The summed E-state index contributed by atoms with van der Waals surface area (Å²) in [5.74, 6) is 0. The predicted octanol–water partition coefficient (Wildman–Crippen LogP) is 9.22. The highest BCUT2D eigenvalue weighted by molar-refractivity contribution is 6.25. The number of hydrogen-bond donors (Lipinski definition) is 0. The molecule has 0 bridgehead atoms. The van der Waals surface area contributed by atoms with Gasteiger partial charge in [-0.25, -0.2) is 0 Å². The van der Waals surface area contributed by atoms with E-state index in [4.69, 9.17) is 0 Å². The third-order valence-electron chi connectivity index (χ3n) is 6.75. The highest BCUT2D eigenvalue weighted by Gasteiger charge is 2.18. The Morgan fingerprint density at radius 2 is 1.09 bits per heavy atom. The Hall–Kier alpha value is -3.64. The Morgan fingerprint density at radius 1 is 0.469 bits per heavy atom. The van der Waals surface area contributed by atoms with Crippen molar-refractivity contribution in [2.45, 2.75) is 26.2 Å². The molecule has 0 aliphatic rings. The lowest BCUT2D eigenvalue weighted by Crippen LogP contribution is -2.10. The van der Waals surface area contributed by atoms with Gasteiger partial charge in [0.1, 0.15) is 0 Å². The van der Waals surface area contributed by atoms with Crippen LogP contribution in [0.15, 0.2) is 103 Å². The summed E-state index contributed by atoms with van der Waals surface area (Å²) < 4.78 is 0. The first-order valence-electron chi connectivity index (χ1n) is 11.4. The van der Waals surface area contributed by atoms with E-state index in [1.54, 1.807) is 0 Å². The highest BCUT2D eigenvalue weighted by Crippen LogP contribution is 2.41. The van der Waals surface area contributed by atoms with Crippen molar-refractivity contribution in [3.05, 3.63) is 109 Å². The second-order valence-electron chi connectivity index (χ2n) is 9.88. The summed E-state index contributed by atoms with van der Waals surface area (Å²) in [7, 11) is 0. The van der Waals surface area contributed by atoms with E-state index in [1.807, 2.05) is 0 Å². The summed E-state index contributed by atoms with van der Waals surface area (Å²) in [6.07, 6.45) is 0. The van der Waals surface area contributed by atoms with Crippen LogP contribution in [0.1, 0.15) is 26.3 Å². The van der Waals surface area contributed by atoms with Crippen LogP contribution in [0.4, 0.5) is 0 Å². The van der Waals surface area contributed by atoms with Crippen LogP contribution in [-0.2, 0) is 5.41 Å². The summed E-state index contributed by atoms with van der Waals surface area (Å²) in [6, 6.07) is 38.1. The van der Waals surface area contributed by atoms with E-state index in [2.05, 4.69) is 124 Å². The zero-order valence-electron chi connectivity index (χ0n) is 18.8. The lowest BCUT2D eigenvalue weighted by Gasteiger charge is -2.22. The molecule has 6 aromatic carbocycles. The molecule has 6 aromatic rings. The largest absolute Gasteiger partial charge is 0.0622 e. The van der Waals surface area contributed by atoms with E-state index in [0.717, 1.165) is 0 Å². The van der Waals surface area contributed by atoms with Crippen molar-refractivity contribution in [1.82, 2.24) is 0 Å². The third-order valence-corrected chi connectivity index (χ3v) is 6.75. The first-order chi connectivity index (χ1) is 15.5. The minimum atomic E-state index is 0.132. The van der Waals surface area contributed by atoms with Crippen LogP contribution in [-0.4, -0.2) is 0 Å². The van der Waals surface area contributed by atoms with Gasteiger partial charge < -0.3 is 0 Å². The molecule has 0 saturated heterocycles. The molecule has 0 spiro atoms. The monoisotopic (exact) mass is 410 g/mol. The van der Waals surface area contributed by atoms with Gasteiger partial charge >= 0.3 is 0 Å². The molecule has 0 saturated carbocycles. The number of hydrogen-bond acceptors (Lipinski definition) is 0. The SMILES string of the molecule is CC(C)(C)c1cc2ccc3ccc(-c4cccc(-c5ccccc5)c4)c4ccc(c1)c2c34. The van der Waals surface area contributed by atoms with Crippen LogP contribution in [0, 0.1) is 0 Å². The molecule has 0 amide bonds. The fourth-order valence-corrected chi connectivity index (χ4v) is 5.00. The highest BCUT2D eigenvalue weighted by atomic mass is 14.2. The maximum atomic E-state index is 2.38. The molecule has 6 rings (SSSR count). The Kier molecular flexibility index (Phi) is 4.13. The molecule has 0 aromatic heterocycles. The van der Waals surface area contributed by atoms with Gasteiger partial charge in [-0.3, -0.25) is 0 Å². The fraction of sp³-hybridized carbons (Fsp3) is 0.125. The van der Waals surface area contributed by atoms with Crippen LogP contribution < -0.4 is 0 Å². The van der Waals surface area contributed by atoms with Crippen molar-refractivity contribution < 1.29 is 0 Å². The normalized spacial score (nSPS) is 12.2. The average molecular weight is 411 g/mol. The Bertz CT molecular complexity index is 1560. The van der Waals surface area contributed by atoms with Gasteiger partial charge in [-0.15, -0.1) is 0 Å². The molecular formula is C32H26. The van der Waals surface area contributed by atoms with Gasteiger partial charge in [0.05, 0.1) is 0 Å². The Labute approximate surface area is 189 Å². The maximum Gasteiger partial charge on any atom is -0.00206 e. The van der Waals surface area contributed by atoms with Crippen molar-refractivity contribution >= 4 is 32.3 Å². The van der Waals surface area contributed by atoms with Crippen molar-refractivity contribution in [3.8, 4) is 22.3 Å². The van der Waals surface area contributed by atoms with E-state index in [9.17, 15) is 0 Å².